The second-order valence-electron chi connectivity index (χ2n) is 3.83. The number of fused-ring (bicyclic) bond motifs is 1. The quantitative estimate of drug-likeness (QED) is 0.812. The molecule has 0 unspecified atom stereocenters. The Labute approximate surface area is 98.7 Å². The average molecular weight is 237 g/mol. The SMILES string of the molecule is CC(C)SCc1cc2c(N)cccc2s1. The van der Waals surface area contributed by atoms with Crippen LogP contribution in [0, 0.1) is 0 Å². The predicted octanol–water partition coefficient (Wildman–Crippen LogP) is 4.13. The van der Waals surface area contributed by atoms with Crippen molar-refractivity contribution in [2.75, 3.05) is 5.73 Å². The number of anilines is 1. The second kappa shape index (κ2) is 4.45. The summed E-state index contributed by atoms with van der Waals surface area (Å²) in [5, 5.41) is 1.90. The zero-order valence-electron chi connectivity index (χ0n) is 8.99. The van der Waals surface area contributed by atoms with E-state index in [4.69, 9.17) is 5.73 Å². The molecule has 0 aliphatic rings. The van der Waals surface area contributed by atoms with Crippen LogP contribution in [0.2, 0.25) is 0 Å². The van der Waals surface area contributed by atoms with E-state index in [1.807, 2.05) is 35.2 Å². The molecular formula is C12H15NS2. The van der Waals surface area contributed by atoms with Crippen molar-refractivity contribution in [3.63, 3.8) is 0 Å². The minimum Gasteiger partial charge on any atom is -0.398 e. The monoisotopic (exact) mass is 237 g/mol. The summed E-state index contributed by atoms with van der Waals surface area (Å²) in [5.74, 6) is 1.09. The van der Waals surface area contributed by atoms with Crippen molar-refractivity contribution in [2.24, 2.45) is 0 Å². The zero-order chi connectivity index (χ0) is 10.8. The smallest absolute Gasteiger partial charge is 0.0402 e. The molecule has 2 rings (SSSR count). The molecule has 80 valence electrons. The van der Waals surface area contributed by atoms with E-state index in [0.29, 0.717) is 5.25 Å². The van der Waals surface area contributed by atoms with Crippen molar-refractivity contribution < 1.29 is 0 Å². The number of thioether (sulfide) groups is 1. The topological polar surface area (TPSA) is 26.0 Å². The van der Waals surface area contributed by atoms with Gasteiger partial charge in [0.1, 0.15) is 0 Å². The average Bonchev–Trinajstić information content (AvgIpc) is 2.59. The van der Waals surface area contributed by atoms with Crippen molar-refractivity contribution in [1.82, 2.24) is 0 Å². The van der Waals surface area contributed by atoms with E-state index in [2.05, 4.69) is 26.0 Å². The highest BCUT2D eigenvalue weighted by Gasteiger charge is 2.04. The Morgan fingerprint density at radius 3 is 2.87 bits per heavy atom. The Kier molecular flexibility index (Phi) is 3.22. The first-order chi connectivity index (χ1) is 7.16. The maximum atomic E-state index is 5.93. The first kappa shape index (κ1) is 10.8. The lowest BCUT2D eigenvalue weighted by atomic mass is 10.2. The standard InChI is InChI=1S/C12H15NS2/c1-8(2)14-7-9-6-10-11(13)4-3-5-12(10)15-9/h3-6,8H,7,13H2,1-2H3. The lowest BCUT2D eigenvalue weighted by Gasteiger charge is -2.00. The fourth-order valence-corrected chi connectivity index (χ4v) is 3.37. The molecule has 2 aromatic rings. The molecule has 0 bridgehead atoms. The van der Waals surface area contributed by atoms with Gasteiger partial charge in [-0.25, -0.2) is 0 Å². The molecule has 0 aliphatic heterocycles. The van der Waals surface area contributed by atoms with Crippen molar-refractivity contribution in [2.45, 2.75) is 24.9 Å². The van der Waals surface area contributed by atoms with Gasteiger partial charge in [0.2, 0.25) is 0 Å². The fourth-order valence-electron chi connectivity index (χ4n) is 1.46. The van der Waals surface area contributed by atoms with E-state index in [9.17, 15) is 0 Å². The van der Waals surface area contributed by atoms with Crippen molar-refractivity contribution in [1.29, 1.82) is 0 Å². The van der Waals surface area contributed by atoms with E-state index in [-0.39, 0.29) is 0 Å². The largest absolute Gasteiger partial charge is 0.398 e. The molecule has 1 nitrogen and oxygen atoms in total. The van der Waals surface area contributed by atoms with Gasteiger partial charge >= 0.3 is 0 Å². The minimum atomic E-state index is 0.688. The van der Waals surface area contributed by atoms with Crippen LogP contribution in [0.3, 0.4) is 0 Å². The zero-order valence-corrected chi connectivity index (χ0v) is 10.6. The van der Waals surface area contributed by atoms with Gasteiger partial charge in [0.25, 0.3) is 0 Å². The summed E-state index contributed by atoms with van der Waals surface area (Å²) in [6.45, 7) is 4.46. The molecule has 15 heavy (non-hydrogen) atoms. The van der Waals surface area contributed by atoms with Crippen LogP contribution in [0.25, 0.3) is 10.1 Å². The van der Waals surface area contributed by atoms with Crippen LogP contribution in [0.15, 0.2) is 24.3 Å². The highest BCUT2D eigenvalue weighted by Crippen LogP contribution is 2.32. The number of benzene rings is 1. The maximum absolute atomic E-state index is 5.93. The number of thiophene rings is 1. The third-order valence-corrected chi connectivity index (χ3v) is 4.63. The van der Waals surface area contributed by atoms with Crippen LogP contribution in [-0.4, -0.2) is 5.25 Å². The summed E-state index contributed by atoms with van der Waals surface area (Å²) in [6.07, 6.45) is 0. The fraction of sp³-hybridized carbons (Fsp3) is 0.333. The van der Waals surface area contributed by atoms with Crippen LogP contribution in [0.5, 0.6) is 0 Å². The lowest BCUT2D eigenvalue weighted by Crippen LogP contribution is -1.86. The van der Waals surface area contributed by atoms with Crippen molar-refractivity contribution >= 4 is 38.9 Å². The molecule has 0 radical (unpaired) electrons. The Balaban J connectivity index is 2.27. The summed E-state index contributed by atoms with van der Waals surface area (Å²) in [6, 6.07) is 8.35. The van der Waals surface area contributed by atoms with E-state index < -0.39 is 0 Å². The number of hydrogen-bond acceptors (Lipinski definition) is 3. The molecule has 0 atom stereocenters. The normalized spacial score (nSPS) is 11.4. The number of hydrogen-bond donors (Lipinski definition) is 1. The molecule has 3 heteroatoms. The molecule has 0 aliphatic carbocycles. The summed E-state index contributed by atoms with van der Waals surface area (Å²) in [5.41, 5.74) is 6.82. The molecule has 0 amide bonds. The summed E-state index contributed by atoms with van der Waals surface area (Å²) >= 11 is 3.83. The van der Waals surface area contributed by atoms with E-state index in [0.717, 1.165) is 11.4 Å². The summed E-state index contributed by atoms with van der Waals surface area (Å²) in [7, 11) is 0. The van der Waals surface area contributed by atoms with Crippen LogP contribution in [-0.2, 0) is 5.75 Å². The molecule has 1 aromatic heterocycles. The molecule has 1 aromatic carbocycles. The Bertz CT molecular complexity index is 460. The third kappa shape index (κ3) is 2.47. The van der Waals surface area contributed by atoms with Crippen molar-refractivity contribution in [3.05, 3.63) is 29.1 Å². The summed E-state index contributed by atoms with van der Waals surface area (Å²) in [4.78, 5) is 1.42. The van der Waals surface area contributed by atoms with Gasteiger partial charge in [0.05, 0.1) is 0 Å². The molecule has 0 fully saturated rings. The summed E-state index contributed by atoms with van der Waals surface area (Å²) < 4.78 is 1.30. The lowest BCUT2D eigenvalue weighted by molar-refractivity contribution is 1.11. The number of rotatable bonds is 3. The molecule has 0 spiro atoms. The molecule has 0 saturated carbocycles. The first-order valence-corrected chi connectivity index (χ1v) is 6.92. The maximum Gasteiger partial charge on any atom is 0.0402 e. The highest BCUT2D eigenvalue weighted by molar-refractivity contribution is 7.99. The highest BCUT2D eigenvalue weighted by atomic mass is 32.2. The van der Waals surface area contributed by atoms with Gasteiger partial charge in [-0.3, -0.25) is 0 Å². The van der Waals surface area contributed by atoms with Crippen LogP contribution in [0.4, 0.5) is 5.69 Å². The van der Waals surface area contributed by atoms with Gasteiger partial charge in [-0.1, -0.05) is 19.9 Å². The van der Waals surface area contributed by atoms with Gasteiger partial charge in [0, 0.05) is 26.4 Å². The van der Waals surface area contributed by atoms with Crippen LogP contribution < -0.4 is 5.73 Å². The predicted molar refractivity (Wildman–Crippen MR) is 72.7 cm³/mol. The van der Waals surface area contributed by atoms with E-state index in [1.54, 1.807) is 0 Å². The number of nitrogens with two attached hydrogens (primary N) is 1. The number of nitrogen functional groups attached to an aromatic ring is 1. The molecule has 2 N–H and O–H groups in total. The van der Waals surface area contributed by atoms with Crippen LogP contribution >= 0.6 is 23.1 Å². The van der Waals surface area contributed by atoms with E-state index >= 15 is 0 Å². The molecule has 0 saturated heterocycles. The Morgan fingerprint density at radius 1 is 1.40 bits per heavy atom. The molecular weight excluding hydrogens is 222 g/mol. The van der Waals surface area contributed by atoms with Crippen LogP contribution in [0.1, 0.15) is 18.7 Å². The van der Waals surface area contributed by atoms with Gasteiger partial charge in [-0.15, -0.1) is 11.3 Å². The third-order valence-electron chi connectivity index (χ3n) is 2.21. The minimum absolute atomic E-state index is 0.688. The van der Waals surface area contributed by atoms with Gasteiger partial charge in [-0.05, 0) is 23.4 Å². The van der Waals surface area contributed by atoms with E-state index in [1.165, 1.54) is 15.0 Å². The van der Waals surface area contributed by atoms with Crippen molar-refractivity contribution in [3.8, 4) is 0 Å². The van der Waals surface area contributed by atoms with Gasteiger partial charge in [-0.2, -0.15) is 11.8 Å². The van der Waals surface area contributed by atoms with Gasteiger partial charge < -0.3 is 5.73 Å². The Morgan fingerprint density at radius 2 is 2.20 bits per heavy atom. The Hall–Kier alpha value is -0.670. The first-order valence-electron chi connectivity index (χ1n) is 5.05. The van der Waals surface area contributed by atoms with Gasteiger partial charge in [0.15, 0.2) is 0 Å². The molecule has 1 heterocycles. The second-order valence-corrected chi connectivity index (χ2v) is 6.56.